The monoisotopic (exact) mass is 439 g/mol. The fourth-order valence-electron chi connectivity index (χ4n) is 3.30. The number of nitrogens with one attached hydrogen (secondary N) is 2. The van der Waals surface area contributed by atoms with Crippen molar-refractivity contribution in [2.24, 2.45) is 22.4 Å². The van der Waals surface area contributed by atoms with Crippen LogP contribution in [0.15, 0.2) is 59.6 Å². The Kier molecular flexibility index (Phi) is 7.69. The minimum absolute atomic E-state index is 0.0299. The number of anilines is 1. The highest BCUT2D eigenvalue weighted by molar-refractivity contribution is 7.80. The summed E-state index contributed by atoms with van der Waals surface area (Å²) in [6, 6.07) is 17.2. The molecule has 8 nitrogen and oxygen atoms in total. The average molecular weight is 440 g/mol. The van der Waals surface area contributed by atoms with Gasteiger partial charge < -0.3 is 26.8 Å². The number of fused-ring (bicyclic) bond motifs is 1. The van der Waals surface area contributed by atoms with Crippen molar-refractivity contribution in [1.82, 2.24) is 5.32 Å². The number of carbonyl (C=O) groups excluding carboxylic acids is 2. The van der Waals surface area contributed by atoms with Crippen LogP contribution < -0.4 is 22.1 Å². The quantitative estimate of drug-likeness (QED) is 0.537. The zero-order chi connectivity index (χ0) is 22.2. The number of nitrogens with zero attached hydrogens (tertiary/aromatic N) is 1. The van der Waals surface area contributed by atoms with Crippen LogP contribution in [0.2, 0.25) is 0 Å². The zero-order valence-corrected chi connectivity index (χ0v) is 17.7. The third-order valence-corrected chi connectivity index (χ3v) is 5.01. The van der Waals surface area contributed by atoms with Gasteiger partial charge in [-0.25, -0.2) is 4.99 Å². The molecule has 1 saturated heterocycles. The van der Waals surface area contributed by atoms with E-state index in [4.69, 9.17) is 28.4 Å². The maximum Gasteiger partial charge on any atom is 0.269 e. The fraction of sp³-hybridized carbons (Fsp3) is 0.273. The van der Waals surface area contributed by atoms with Crippen LogP contribution in [0.3, 0.4) is 0 Å². The molecule has 31 heavy (non-hydrogen) atoms. The molecule has 2 heterocycles. The zero-order valence-electron chi connectivity index (χ0n) is 16.9. The van der Waals surface area contributed by atoms with Crippen LogP contribution in [0.1, 0.15) is 24.0 Å². The molecule has 0 radical (unpaired) electrons. The summed E-state index contributed by atoms with van der Waals surface area (Å²) in [5, 5.41) is 5.59. The van der Waals surface area contributed by atoms with Gasteiger partial charge in [0.15, 0.2) is 5.11 Å². The summed E-state index contributed by atoms with van der Waals surface area (Å²) < 4.78 is 5.04. The minimum Gasteiger partial charge on any atom is -0.381 e. The second-order valence-corrected chi connectivity index (χ2v) is 7.52. The first-order valence-electron chi connectivity index (χ1n) is 9.92. The molecule has 0 aromatic heterocycles. The maximum atomic E-state index is 12.3. The van der Waals surface area contributed by atoms with Gasteiger partial charge in [0.25, 0.3) is 5.91 Å². The Balaban J connectivity index is 0.000000254. The number of amides is 2. The lowest BCUT2D eigenvalue weighted by Crippen LogP contribution is -2.44. The molecule has 2 aromatic carbocycles. The van der Waals surface area contributed by atoms with Crippen molar-refractivity contribution in [3.8, 4) is 0 Å². The van der Waals surface area contributed by atoms with Gasteiger partial charge in [0, 0.05) is 30.3 Å². The van der Waals surface area contributed by atoms with Crippen molar-refractivity contribution >= 4 is 40.5 Å². The summed E-state index contributed by atoms with van der Waals surface area (Å²) in [6.45, 7) is 1.38. The molecule has 1 fully saturated rings. The molecule has 4 rings (SSSR count). The average Bonchev–Trinajstić information content (AvgIpc) is 2.91. The van der Waals surface area contributed by atoms with Gasteiger partial charge in [-0.3, -0.25) is 9.59 Å². The van der Waals surface area contributed by atoms with Crippen molar-refractivity contribution in [3.05, 3.63) is 65.7 Å². The van der Waals surface area contributed by atoms with Crippen LogP contribution in [0.25, 0.3) is 0 Å². The van der Waals surface area contributed by atoms with Gasteiger partial charge in [-0.15, -0.1) is 0 Å². The number of ether oxygens (including phenoxy) is 1. The highest BCUT2D eigenvalue weighted by Gasteiger charge is 2.25. The summed E-state index contributed by atoms with van der Waals surface area (Å²) in [7, 11) is 0. The van der Waals surface area contributed by atoms with E-state index in [9.17, 15) is 9.59 Å². The molecule has 0 bridgehead atoms. The van der Waals surface area contributed by atoms with E-state index in [0.29, 0.717) is 24.6 Å². The number of para-hydroxylation sites is 1. The molecule has 6 N–H and O–H groups in total. The van der Waals surface area contributed by atoms with E-state index in [2.05, 4.69) is 15.6 Å². The fourth-order valence-corrected chi connectivity index (χ4v) is 3.41. The van der Waals surface area contributed by atoms with E-state index in [-0.39, 0.29) is 22.8 Å². The van der Waals surface area contributed by atoms with Crippen molar-refractivity contribution < 1.29 is 14.3 Å². The Morgan fingerprint density at radius 1 is 1.06 bits per heavy atom. The summed E-state index contributed by atoms with van der Waals surface area (Å²) in [4.78, 5) is 27.3. The van der Waals surface area contributed by atoms with E-state index < -0.39 is 6.17 Å². The Morgan fingerprint density at radius 3 is 2.32 bits per heavy atom. The third-order valence-electron chi connectivity index (χ3n) is 4.90. The standard InChI is InChI=1S/C16H14N4OS.C6H11NO2/c17-16(22)20-14-15(21)18-12-9-5-4-8-11(12)13(19-14)10-6-2-1-3-7-10;7-6(8)5-1-3-9-4-2-5/h1-9,14H,(H,18,21)(H3,17,20,22);5H,1-4H2,(H2,7,8). The summed E-state index contributed by atoms with van der Waals surface area (Å²) in [6.07, 6.45) is 0.741. The minimum atomic E-state index is -0.861. The van der Waals surface area contributed by atoms with Gasteiger partial charge in [0.1, 0.15) is 0 Å². The molecule has 1 atom stereocenters. The Labute approximate surface area is 186 Å². The predicted molar refractivity (Wildman–Crippen MR) is 124 cm³/mol. The lowest BCUT2D eigenvalue weighted by Gasteiger charge is -2.18. The Hall–Kier alpha value is -3.30. The van der Waals surface area contributed by atoms with Gasteiger partial charge in [-0.2, -0.15) is 0 Å². The van der Waals surface area contributed by atoms with Crippen molar-refractivity contribution in [3.63, 3.8) is 0 Å². The molecule has 0 aliphatic carbocycles. The first-order chi connectivity index (χ1) is 15.0. The largest absolute Gasteiger partial charge is 0.381 e. The topological polar surface area (TPSA) is 132 Å². The highest BCUT2D eigenvalue weighted by Crippen LogP contribution is 2.23. The van der Waals surface area contributed by atoms with Crippen LogP contribution in [0.4, 0.5) is 5.69 Å². The molecule has 9 heteroatoms. The first kappa shape index (κ1) is 22.4. The maximum absolute atomic E-state index is 12.3. The molecule has 0 spiro atoms. The number of carbonyl (C=O) groups is 2. The number of benzodiazepines with no additional fused rings is 1. The van der Waals surface area contributed by atoms with Crippen molar-refractivity contribution in [1.29, 1.82) is 0 Å². The molecular formula is C22H25N5O3S. The molecular weight excluding hydrogens is 414 g/mol. The molecule has 2 amide bonds. The third kappa shape index (κ3) is 6.09. The smallest absolute Gasteiger partial charge is 0.269 e. The Bertz CT molecular complexity index is 974. The summed E-state index contributed by atoms with van der Waals surface area (Å²) >= 11 is 4.83. The Morgan fingerprint density at radius 2 is 1.71 bits per heavy atom. The van der Waals surface area contributed by atoms with Gasteiger partial charge in [-0.1, -0.05) is 48.5 Å². The second kappa shape index (κ2) is 10.6. The van der Waals surface area contributed by atoms with Gasteiger partial charge in [-0.05, 0) is 31.1 Å². The predicted octanol–water partition coefficient (Wildman–Crippen LogP) is 1.53. The summed E-state index contributed by atoms with van der Waals surface area (Å²) in [5.41, 5.74) is 13.8. The molecule has 162 valence electrons. The lowest BCUT2D eigenvalue weighted by atomic mass is 10.0. The summed E-state index contributed by atoms with van der Waals surface area (Å²) in [5.74, 6) is -0.414. The van der Waals surface area contributed by atoms with E-state index in [1.54, 1.807) is 0 Å². The van der Waals surface area contributed by atoms with Crippen LogP contribution in [0, 0.1) is 5.92 Å². The number of benzene rings is 2. The van der Waals surface area contributed by atoms with E-state index in [0.717, 1.165) is 24.0 Å². The molecule has 2 aliphatic rings. The normalized spacial score (nSPS) is 18.3. The molecule has 2 aliphatic heterocycles. The highest BCUT2D eigenvalue weighted by atomic mass is 32.1. The number of aliphatic imine (C=N–C) groups is 1. The number of thiocarbonyl (C=S) groups is 1. The van der Waals surface area contributed by atoms with Crippen LogP contribution >= 0.6 is 12.2 Å². The number of hydrogen-bond donors (Lipinski definition) is 4. The first-order valence-corrected chi connectivity index (χ1v) is 10.3. The van der Waals surface area contributed by atoms with E-state index >= 15 is 0 Å². The van der Waals surface area contributed by atoms with Crippen LogP contribution in [-0.2, 0) is 14.3 Å². The van der Waals surface area contributed by atoms with E-state index in [1.807, 2.05) is 54.6 Å². The van der Waals surface area contributed by atoms with Gasteiger partial charge in [0.05, 0.1) is 11.4 Å². The number of hydrogen-bond acceptors (Lipinski definition) is 5. The van der Waals surface area contributed by atoms with Crippen LogP contribution in [0.5, 0.6) is 0 Å². The number of nitrogens with two attached hydrogens (primary N) is 2. The van der Waals surface area contributed by atoms with Gasteiger partial charge in [0.2, 0.25) is 12.1 Å². The van der Waals surface area contributed by atoms with Crippen molar-refractivity contribution in [2.75, 3.05) is 18.5 Å². The second-order valence-electron chi connectivity index (χ2n) is 7.08. The molecule has 1 unspecified atom stereocenters. The van der Waals surface area contributed by atoms with Crippen LogP contribution in [-0.4, -0.2) is 42.0 Å². The molecule has 2 aromatic rings. The van der Waals surface area contributed by atoms with Gasteiger partial charge >= 0.3 is 0 Å². The number of rotatable bonds is 3. The number of primary amides is 1. The van der Waals surface area contributed by atoms with Crippen molar-refractivity contribution in [2.45, 2.75) is 19.0 Å². The lowest BCUT2D eigenvalue weighted by molar-refractivity contribution is -0.124. The SMILES string of the molecule is NC(=O)C1CCOCC1.NC(=S)NC1N=C(c2ccccc2)c2ccccc2NC1=O. The molecule has 0 saturated carbocycles. The van der Waals surface area contributed by atoms with E-state index in [1.165, 1.54) is 0 Å².